The molecule has 0 amide bonds. The third kappa shape index (κ3) is 4.37. The third-order valence-electron chi connectivity index (χ3n) is 2.42. The van der Waals surface area contributed by atoms with Crippen molar-refractivity contribution in [2.45, 2.75) is 41.5 Å². The Labute approximate surface area is 120 Å². The summed E-state index contributed by atoms with van der Waals surface area (Å²) in [5, 5.41) is 0. The normalized spacial score (nSPS) is 11.9. The molecule has 0 saturated carbocycles. The van der Waals surface area contributed by atoms with E-state index in [0.717, 1.165) is 0 Å². The van der Waals surface area contributed by atoms with Crippen molar-refractivity contribution in [3.8, 4) is 11.5 Å². The third-order valence-corrected chi connectivity index (χ3v) is 2.42. The maximum absolute atomic E-state index is 11.9. The molecule has 0 aliphatic carbocycles. The van der Waals surface area contributed by atoms with Crippen LogP contribution in [0.3, 0.4) is 0 Å². The van der Waals surface area contributed by atoms with E-state index in [1.165, 1.54) is 6.07 Å². The Morgan fingerprint density at radius 2 is 1.35 bits per heavy atom. The minimum Gasteiger partial charge on any atom is -0.422 e. The highest BCUT2D eigenvalue weighted by Crippen LogP contribution is 2.30. The molecule has 20 heavy (non-hydrogen) atoms. The molecular formula is C16H21O4. The minimum atomic E-state index is -0.638. The zero-order valence-corrected chi connectivity index (χ0v) is 12.9. The summed E-state index contributed by atoms with van der Waals surface area (Å²) in [6.45, 7) is 10.5. The number of hydrogen-bond acceptors (Lipinski definition) is 4. The molecule has 0 aliphatic rings. The predicted molar refractivity (Wildman–Crippen MR) is 75.5 cm³/mol. The van der Waals surface area contributed by atoms with Crippen molar-refractivity contribution in [1.82, 2.24) is 0 Å². The molecule has 1 aromatic rings. The first-order chi connectivity index (χ1) is 9.01. The highest BCUT2D eigenvalue weighted by atomic mass is 16.6. The average molecular weight is 277 g/mol. The zero-order chi connectivity index (χ0) is 15.6. The summed E-state index contributed by atoms with van der Waals surface area (Å²) in [5.41, 5.74) is -1.27. The van der Waals surface area contributed by atoms with Crippen molar-refractivity contribution in [3.63, 3.8) is 0 Å². The Morgan fingerprint density at radius 3 is 1.80 bits per heavy atom. The van der Waals surface area contributed by atoms with Crippen LogP contribution in [0.2, 0.25) is 0 Å². The number of rotatable bonds is 2. The van der Waals surface area contributed by atoms with Crippen LogP contribution >= 0.6 is 0 Å². The van der Waals surface area contributed by atoms with Gasteiger partial charge in [-0.2, -0.15) is 0 Å². The summed E-state index contributed by atoms with van der Waals surface area (Å²) in [6, 6.07) is 7.43. The molecule has 0 saturated heterocycles. The van der Waals surface area contributed by atoms with E-state index >= 15 is 0 Å². The predicted octanol–water partition coefficient (Wildman–Crippen LogP) is 3.39. The van der Waals surface area contributed by atoms with Gasteiger partial charge in [-0.25, -0.2) is 0 Å². The molecule has 0 bridgehead atoms. The molecule has 0 heterocycles. The zero-order valence-electron chi connectivity index (χ0n) is 12.9. The van der Waals surface area contributed by atoms with Crippen LogP contribution in [0.1, 0.15) is 41.5 Å². The summed E-state index contributed by atoms with van der Waals surface area (Å²) in [7, 11) is 0. The fourth-order valence-corrected chi connectivity index (χ4v) is 1.07. The molecule has 0 spiro atoms. The van der Waals surface area contributed by atoms with Crippen molar-refractivity contribution in [2.75, 3.05) is 0 Å². The van der Waals surface area contributed by atoms with Crippen LogP contribution in [0.5, 0.6) is 11.5 Å². The molecule has 4 heteroatoms. The second kappa shape index (κ2) is 5.65. The second-order valence-corrected chi connectivity index (χ2v) is 6.65. The van der Waals surface area contributed by atoms with E-state index in [2.05, 4.69) is 6.07 Å². The molecule has 4 nitrogen and oxygen atoms in total. The van der Waals surface area contributed by atoms with Gasteiger partial charge in [-0.15, -0.1) is 0 Å². The Morgan fingerprint density at radius 1 is 0.900 bits per heavy atom. The van der Waals surface area contributed by atoms with Crippen molar-refractivity contribution in [1.29, 1.82) is 0 Å². The maximum Gasteiger partial charge on any atom is 0.316 e. The van der Waals surface area contributed by atoms with Gasteiger partial charge in [0.2, 0.25) is 0 Å². The fourth-order valence-electron chi connectivity index (χ4n) is 1.07. The highest BCUT2D eigenvalue weighted by Gasteiger charge is 2.27. The number of esters is 2. The van der Waals surface area contributed by atoms with Crippen LogP contribution in [-0.4, -0.2) is 11.9 Å². The Bertz CT molecular complexity index is 457. The Balaban J connectivity index is 2.95. The van der Waals surface area contributed by atoms with Gasteiger partial charge in [-0.05, 0) is 59.7 Å². The van der Waals surface area contributed by atoms with Gasteiger partial charge in [0.15, 0.2) is 11.5 Å². The van der Waals surface area contributed by atoms with Gasteiger partial charge >= 0.3 is 11.9 Å². The topological polar surface area (TPSA) is 52.6 Å². The Kier molecular flexibility index (Phi) is 4.58. The number of benzene rings is 1. The van der Waals surface area contributed by atoms with Gasteiger partial charge in [0, 0.05) is 0 Å². The van der Waals surface area contributed by atoms with E-state index in [0.29, 0.717) is 0 Å². The maximum atomic E-state index is 11.9. The molecule has 1 rings (SSSR count). The number of carbonyl (C=O) groups is 2. The lowest BCUT2D eigenvalue weighted by atomic mass is 9.97. The minimum absolute atomic E-state index is 0.199. The molecule has 1 radical (unpaired) electrons. The quantitative estimate of drug-likeness (QED) is 0.614. The summed E-state index contributed by atoms with van der Waals surface area (Å²) >= 11 is 0. The lowest BCUT2D eigenvalue weighted by Gasteiger charge is -2.20. The van der Waals surface area contributed by atoms with E-state index in [-0.39, 0.29) is 11.5 Å². The molecule has 0 aromatic heterocycles. The van der Waals surface area contributed by atoms with Gasteiger partial charge < -0.3 is 9.47 Å². The standard InChI is InChI=1S/C16H21O4/c1-15(2,3)13(17)19-11-9-7-8-10-12(11)20-14(18)16(4,5)6/h7,9-10H,1-6H3. The van der Waals surface area contributed by atoms with E-state index in [1.54, 1.807) is 53.7 Å². The van der Waals surface area contributed by atoms with Crippen LogP contribution in [0.25, 0.3) is 0 Å². The average Bonchev–Trinajstić information content (AvgIpc) is 2.29. The number of hydrogen-bond donors (Lipinski definition) is 0. The molecular weight excluding hydrogens is 256 g/mol. The lowest BCUT2D eigenvalue weighted by molar-refractivity contribution is -0.145. The molecule has 0 N–H and O–H groups in total. The van der Waals surface area contributed by atoms with Crippen LogP contribution in [0.15, 0.2) is 18.2 Å². The van der Waals surface area contributed by atoms with E-state index in [4.69, 9.17) is 9.47 Å². The largest absolute Gasteiger partial charge is 0.422 e. The second-order valence-electron chi connectivity index (χ2n) is 6.65. The van der Waals surface area contributed by atoms with Crippen molar-refractivity contribution < 1.29 is 19.1 Å². The van der Waals surface area contributed by atoms with Gasteiger partial charge in [0.05, 0.1) is 10.8 Å². The monoisotopic (exact) mass is 277 g/mol. The SMILES string of the molecule is CC(C)(C)C(=O)Oc1c[c]ccc1OC(=O)C(C)(C)C. The highest BCUT2D eigenvalue weighted by molar-refractivity contribution is 5.81. The van der Waals surface area contributed by atoms with Crippen LogP contribution in [-0.2, 0) is 9.59 Å². The van der Waals surface area contributed by atoms with Crippen LogP contribution in [0, 0.1) is 16.9 Å². The molecule has 0 aliphatic heterocycles. The van der Waals surface area contributed by atoms with Gasteiger partial charge in [0.1, 0.15) is 0 Å². The Hall–Kier alpha value is -1.84. The summed E-state index contributed by atoms with van der Waals surface area (Å²) < 4.78 is 10.6. The van der Waals surface area contributed by atoms with Crippen molar-refractivity contribution in [2.24, 2.45) is 10.8 Å². The van der Waals surface area contributed by atoms with Crippen molar-refractivity contribution >= 4 is 11.9 Å². The van der Waals surface area contributed by atoms with E-state index in [1.807, 2.05) is 0 Å². The lowest BCUT2D eigenvalue weighted by Crippen LogP contribution is -2.27. The summed E-state index contributed by atoms with van der Waals surface area (Å²) in [6.07, 6.45) is 0. The van der Waals surface area contributed by atoms with Crippen LogP contribution < -0.4 is 9.47 Å². The summed E-state index contributed by atoms with van der Waals surface area (Å²) in [4.78, 5) is 23.8. The first-order valence-corrected chi connectivity index (χ1v) is 6.46. The van der Waals surface area contributed by atoms with Gasteiger partial charge in [-0.1, -0.05) is 6.07 Å². The van der Waals surface area contributed by atoms with E-state index < -0.39 is 22.8 Å². The van der Waals surface area contributed by atoms with Crippen molar-refractivity contribution in [3.05, 3.63) is 24.3 Å². The van der Waals surface area contributed by atoms with Crippen LogP contribution in [0.4, 0.5) is 0 Å². The van der Waals surface area contributed by atoms with Gasteiger partial charge in [-0.3, -0.25) is 9.59 Å². The molecule has 0 fully saturated rings. The molecule has 0 unspecified atom stereocenters. The molecule has 0 atom stereocenters. The first-order valence-electron chi connectivity index (χ1n) is 6.46. The molecule has 1 aromatic carbocycles. The number of ether oxygens (including phenoxy) is 2. The number of carbonyl (C=O) groups excluding carboxylic acids is 2. The molecule has 109 valence electrons. The summed E-state index contributed by atoms with van der Waals surface area (Å²) in [5.74, 6) is -0.367. The van der Waals surface area contributed by atoms with E-state index in [9.17, 15) is 9.59 Å². The van der Waals surface area contributed by atoms with Gasteiger partial charge in [0.25, 0.3) is 0 Å². The smallest absolute Gasteiger partial charge is 0.316 e. The fraction of sp³-hybridized carbons (Fsp3) is 0.500. The first kappa shape index (κ1) is 16.2.